The molecule has 1 aliphatic heterocycles. The van der Waals surface area contributed by atoms with Crippen molar-refractivity contribution < 1.29 is 4.79 Å². The lowest BCUT2D eigenvalue weighted by molar-refractivity contribution is -0.120. The van der Waals surface area contributed by atoms with Crippen molar-refractivity contribution in [3.8, 4) is 0 Å². The zero-order chi connectivity index (χ0) is 11.3. The highest BCUT2D eigenvalue weighted by Gasteiger charge is 2.25. The second-order valence-electron chi connectivity index (χ2n) is 4.38. The molecule has 0 aromatic heterocycles. The van der Waals surface area contributed by atoms with Crippen molar-refractivity contribution in [2.75, 3.05) is 19.6 Å². The number of amides is 1. The first-order chi connectivity index (χ1) is 7.15. The maximum Gasteiger partial charge on any atom is 0.231 e. The van der Waals surface area contributed by atoms with Gasteiger partial charge in [0, 0.05) is 12.1 Å². The fourth-order valence-corrected chi connectivity index (χ4v) is 2.20. The van der Waals surface area contributed by atoms with Crippen molar-refractivity contribution in [3.63, 3.8) is 0 Å². The fraction of sp³-hybridized carbons (Fsp3) is 0.909. The maximum absolute atomic E-state index is 11.0. The molecule has 0 saturated carbocycles. The van der Waals surface area contributed by atoms with Crippen LogP contribution in [0.1, 0.15) is 33.1 Å². The third-order valence-electron chi connectivity index (χ3n) is 3.27. The summed E-state index contributed by atoms with van der Waals surface area (Å²) in [5.74, 6) is -0.214. The molecular weight excluding hydrogens is 190 g/mol. The van der Waals surface area contributed by atoms with Crippen LogP contribution in [0.2, 0.25) is 0 Å². The Morgan fingerprint density at radius 1 is 1.53 bits per heavy atom. The molecule has 88 valence electrons. The van der Waals surface area contributed by atoms with Gasteiger partial charge < -0.3 is 11.1 Å². The minimum absolute atomic E-state index is 0.214. The second kappa shape index (κ2) is 6.08. The van der Waals surface area contributed by atoms with E-state index in [1.54, 1.807) is 0 Å². The van der Waals surface area contributed by atoms with Gasteiger partial charge in [0.1, 0.15) is 0 Å². The van der Waals surface area contributed by atoms with E-state index in [1.807, 2.05) is 0 Å². The fourth-order valence-electron chi connectivity index (χ4n) is 2.20. The molecule has 0 radical (unpaired) electrons. The Balaban J connectivity index is 2.56. The number of carbonyl (C=O) groups excluding carboxylic acids is 1. The summed E-state index contributed by atoms with van der Waals surface area (Å²) in [6.45, 7) is 6.83. The van der Waals surface area contributed by atoms with E-state index in [1.165, 1.54) is 0 Å². The Morgan fingerprint density at radius 2 is 2.13 bits per heavy atom. The average Bonchev–Trinajstić information content (AvgIpc) is 2.26. The highest BCUT2D eigenvalue weighted by atomic mass is 16.1. The van der Waals surface area contributed by atoms with Crippen molar-refractivity contribution in [1.29, 1.82) is 0 Å². The minimum Gasteiger partial charge on any atom is -0.369 e. The number of nitrogens with one attached hydrogen (secondary N) is 1. The molecule has 1 heterocycles. The standard InChI is InChI=1S/C11H23N3O/c1-3-9(2)14(8-11(12)15)10-4-6-13-7-5-10/h9-10,13H,3-8H2,1-2H3,(H2,12,15). The predicted molar refractivity (Wildman–Crippen MR) is 61.5 cm³/mol. The van der Waals surface area contributed by atoms with E-state index >= 15 is 0 Å². The highest BCUT2D eigenvalue weighted by Crippen LogP contribution is 2.16. The molecule has 3 N–H and O–H groups in total. The molecular formula is C11H23N3O. The molecule has 1 rings (SSSR count). The Morgan fingerprint density at radius 3 is 2.60 bits per heavy atom. The largest absolute Gasteiger partial charge is 0.369 e. The third-order valence-corrected chi connectivity index (χ3v) is 3.27. The van der Waals surface area contributed by atoms with Crippen LogP contribution in [0.25, 0.3) is 0 Å². The topological polar surface area (TPSA) is 58.4 Å². The van der Waals surface area contributed by atoms with Gasteiger partial charge in [-0.1, -0.05) is 6.92 Å². The number of hydrogen-bond acceptors (Lipinski definition) is 3. The van der Waals surface area contributed by atoms with E-state index < -0.39 is 0 Å². The summed E-state index contributed by atoms with van der Waals surface area (Å²) in [6, 6.07) is 0.967. The van der Waals surface area contributed by atoms with E-state index in [2.05, 4.69) is 24.1 Å². The molecule has 0 aromatic carbocycles. The van der Waals surface area contributed by atoms with Gasteiger partial charge in [0.25, 0.3) is 0 Å². The van der Waals surface area contributed by atoms with Crippen molar-refractivity contribution in [1.82, 2.24) is 10.2 Å². The van der Waals surface area contributed by atoms with Crippen molar-refractivity contribution in [3.05, 3.63) is 0 Å². The van der Waals surface area contributed by atoms with Gasteiger partial charge in [0.05, 0.1) is 6.54 Å². The minimum atomic E-state index is -0.214. The number of primary amides is 1. The van der Waals surface area contributed by atoms with Gasteiger partial charge in [-0.15, -0.1) is 0 Å². The quantitative estimate of drug-likeness (QED) is 0.691. The number of carbonyl (C=O) groups is 1. The van der Waals surface area contributed by atoms with Crippen molar-refractivity contribution in [2.45, 2.75) is 45.2 Å². The SMILES string of the molecule is CCC(C)N(CC(N)=O)C1CCNCC1. The van der Waals surface area contributed by atoms with E-state index in [9.17, 15) is 4.79 Å². The van der Waals surface area contributed by atoms with E-state index in [4.69, 9.17) is 5.73 Å². The number of nitrogens with zero attached hydrogens (tertiary/aromatic N) is 1. The highest BCUT2D eigenvalue weighted by molar-refractivity contribution is 5.76. The van der Waals surface area contributed by atoms with Crippen LogP contribution in [-0.2, 0) is 4.79 Å². The zero-order valence-corrected chi connectivity index (χ0v) is 9.83. The summed E-state index contributed by atoms with van der Waals surface area (Å²) in [7, 11) is 0. The first-order valence-electron chi connectivity index (χ1n) is 5.90. The van der Waals surface area contributed by atoms with Crippen LogP contribution in [0.15, 0.2) is 0 Å². The summed E-state index contributed by atoms with van der Waals surface area (Å²) in [5, 5.41) is 3.34. The van der Waals surface area contributed by atoms with Crippen LogP contribution in [-0.4, -0.2) is 42.5 Å². The first-order valence-corrected chi connectivity index (χ1v) is 5.90. The Kier molecular flexibility index (Phi) is 5.05. The van der Waals surface area contributed by atoms with Crippen molar-refractivity contribution >= 4 is 5.91 Å². The molecule has 0 bridgehead atoms. The number of rotatable bonds is 5. The van der Waals surface area contributed by atoms with Gasteiger partial charge in [-0.2, -0.15) is 0 Å². The van der Waals surface area contributed by atoms with E-state index in [0.29, 0.717) is 18.6 Å². The smallest absolute Gasteiger partial charge is 0.231 e. The molecule has 1 atom stereocenters. The molecule has 4 nitrogen and oxygen atoms in total. The number of nitrogens with two attached hydrogens (primary N) is 1. The normalized spacial score (nSPS) is 20.5. The molecule has 1 amide bonds. The Labute approximate surface area is 92.2 Å². The second-order valence-corrected chi connectivity index (χ2v) is 4.38. The lowest BCUT2D eigenvalue weighted by Crippen LogP contribution is -2.50. The first kappa shape index (κ1) is 12.5. The molecule has 1 aliphatic rings. The summed E-state index contributed by atoms with van der Waals surface area (Å²) in [5.41, 5.74) is 5.30. The predicted octanol–water partition coefficient (Wildman–Crippen LogP) is 0.324. The van der Waals surface area contributed by atoms with Crippen LogP contribution in [0.3, 0.4) is 0 Å². The maximum atomic E-state index is 11.0. The van der Waals surface area contributed by atoms with Gasteiger partial charge >= 0.3 is 0 Å². The van der Waals surface area contributed by atoms with Gasteiger partial charge in [-0.25, -0.2) is 0 Å². The number of piperidine rings is 1. The molecule has 4 heteroatoms. The van der Waals surface area contributed by atoms with Crippen LogP contribution in [0, 0.1) is 0 Å². The molecule has 1 unspecified atom stereocenters. The average molecular weight is 213 g/mol. The van der Waals surface area contributed by atoms with E-state index in [-0.39, 0.29) is 5.91 Å². The summed E-state index contributed by atoms with van der Waals surface area (Å²) in [4.78, 5) is 13.3. The summed E-state index contributed by atoms with van der Waals surface area (Å²) in [6.07, 6.45) is 3.31. The van der Waals surface area contributed by atoms with Gasteiger partial charge in [0.15, 0.2) is 0 Å². The van der Waals surface area contributed by atoms with Gasteiger partial charge in [0.2, 0.25) is 5.91 Å². The molecule has 15 heavy (non-hydrogen) atoms. The Hall–Kier alpha value is -0.610. The monoisotopic (exact) mass is 213 g/mol. The van der Waals surface area contributed by atoms with Gasteiger partial charge in [-0.3, -0.25) is 9.69 Å². The van der Waals surface area contributed by atoms with Crippen LogP contribution in [0.5, 0.6) is 0 Å². The van der Waals surface area contributed by atoms with Crippen LogP contribution in [0.4, 0.5) is 0 Å². The lowest BCUT2D eigenvalue weighted by atomic mass is 10.0. The van der Waals surface area contributed by atoms with Crippen LogP contribution >= 0.6 is 0 Å². The molecule has 0 aliphatic carbocycles. The molecule has 0 aromatic rings. The third kappa shape index (κ3) is 3.80. The Bertz CT molecular complexity index is 202. The summed E-state index contributed by atoms with van der Waals surface area (Å²) >= 11 is 0. The molecule has 1 saturated heterocycles. The van der Waals surface area contributed by atoms with Crippen molar-refractivity contribution in [2.24, 2.45) is 5.73 Å². The molecule has 1 fully saturated rings. The zero-order valence-electron chi connectivity index (χ0n) is 9.83. The summed E-state index contributed by atoms with van der Waals surface area (Å²) < 4.78 is 0. The van der Waals surface area contributed by atoms with Gasteiger partial charge in [-0.05, 0) is 39.3 Å². The number of hydrogen-bond donors (Lipinski definition) is 2. The van der Waals surface area contributed by atoms with E-state index in [0.717, 1.165) is 32.4 Å². The lowest BCUT2D eigenvalue weighted by Gasteiger charge is -2.37. The molecule has 0 spiro atoms. The van der Waals surface area contributed by atoms with Crippen LogP contribution < -0.4 is 11.1 Å².